The molecule has 0 fully saturated rings. The van der Waals surface area contributed by atoms with E-state index in [4.69, 9.17) is 10.5 Å². The van der Waals surface area contributed by atoms with Crippen molar-refractivity contribution < 1.29 is 9.13 Å². The quantitative estimate of drug-likeness (QED) is 0.804. The van der Waals surface area contributed by atoms with Crippen molar-refractivity contribution in [2.24, 2.45) is 0 Å². The Balaban J connectivity index is 3.13. The lowest BCUT2D eigenvalue weighted by molar-refractivity contribution is 0.231. The largest absolute Gasteiger partial charge is 0.488 e. The Morgan fingerprint density at radius 3 is 2.35 bits per heavy atom. The molecule has 0 bridgehead atoms. The number of hydrogen-bond donors (Lipinski definition) is 1. The smallest absolute Gasteiger partial charge is 0.167 e. The van der Waals surface area contributed by atoms with Crippen molar-refractivity contribution in [1.29, 1.82) is 0 Å². The lowest BCUT2D eigenvalue weighted by atomic mass is 10.2. The first-order valence-corrected chi connectivity index (χ1v) is 6.00. The summed E-state index contributed by atoms with van der Waals surface area (Å²) in [6, 6.07) is 3.00. The molecule has 1 aromatic carbocycles. The van der Waals surface area contributed by atoms with Crippen LogP contribution in [0.4, 0.5) is 15.8 Å². The zero-order valence-corrected chi connectivity index (χ0v) is 11.0. The summed E-state index contributed by atoms with van der Waals surface area (Å²) in [5.41, 5.74) is 7.11. The van der Waals surface area contributed by atoms with E-state index in [0.717, 1.165) is 18.8 Å². The summed E-state index contributed by atoms with van der Waals surface area (Å²) in [4.78, 5) is 2.07. The fourth-order valence-electron chi connectivity index (χ4n) is 1.74. The molecule has 0 radical (unpaired) electrons. The van der Waals surface area contributed by atoms with Crippen molar-refractivity contribution >= 4 is 11.4 Å². The second kappa shape index (κ2) is 5.75. The summed E-state index contributed by atoms with van der Waals surface area (Å²) in [6.45, 7) is 9.46. The number of nitrogen functional groups attached to an aromatic ring is 1. The number of anilines is 2. The molecule has 3 nitrogen and oxygen atoms in total. The topological polar surface area (TPSA) is 38.5 Å². The Morgan fingerprint density at radius 1 is 1.29 bits per heavy atom. The highest BCUT2D eigenvalue weighted by molar-refractivity contribution is 5.70. The Labute approximate surface area is 102 Å². The molecule has 96 valence electrons. The van der Waals surface area contributed by atoms with Gasteiger partial charge in [0.05, 0.1) is 17.5 Å². The molecule has 2 N–H and O–H groups in total. The predicted octanol–water partition coefficient (Wildman–Crippen LogP) is 3.04. The maximum Gasteiger partial charge on any atom is 0.167 e. The second-order valence-corrected chi connectivity index (χ2v) is 4.18. The lowest BCUT2D eigenvalue weighted by Gasteiger charge is -2.24. The van der Waals surface area contributed by atoms with Crippen LogP contribution in [0.5, 0.6) is 5.75 Å². The molecule has 17 heavy (non-hydrogen) atoms. The van der Waals surface area contributed by atoms with E-state index in [9.17, 15) is 4.39 Å². The van der Waals surface area contributed by atoms with Crippen LogP contribution >= 0.6 is 0 Å². The number of nitrogens with two attached hydrogens (primary N) is 1. The first kappa shape index (κ1) is 13.6. The molecular formula is C13H21FN2O. The van der Waals surface area contributed by atoms with Gasteiger partial charge < -0.3 is 15.4 Å². The number of hydrogen-bond acceptors (Lipinski definition) is 3. The fourth-order valence-corrected chi connectivity index (χ4v) is 1.74. The van der Waals surface area contributed by atoms with Gasteiger partial charge >= 0.3 is 0 Å². The molecule has 0 saturated heterocycles. The van der Waals surface area contributed by atoms with Crippen molar-refractivity contribution in [2.75, 3.05) is 23.7 Å². The minimum Gasteiger partial charge on any atom is -0.488 e. The van der Waals surface area contributed by atoms with Crippen molar-refractivity contribution in [1.82, 2.24) is 0 Å². The molecule has 0 saturated carbocycles. The number of nitrogens with zero attached hydrogens (tertiary/aromatic N) is 1. The summed E-state index contributed by atoms with van der Waals surface area (Å²) in [5, 5.41) is 0. The van der Waals surface area contributed by atoms with Gasteiger partial charge in [-0.25, -0.2) is 4.39 Å². The van der Waals surface area contributed by atoms with Gasteiger partial charge in [0.25, 0.3) is 0 Å². The molecule has 0 atom stereocenters. The summed E-state index contributed by atoms with van der Waals surface area (Å²) >= 11 is 0. The SMILES string of the molecule is CCN(CC)c1cc(OC(C)C)c(F)cc1N. The van der Waals surface area contributed by atoms with Crippen LogP contribution < -0.4 is 15.4 Å². The maximum atomic E-state index is 13.6. The first-order chi connectivity index (χ1) is 7.99. The monoisotopic (exact) mass is 240 g/mol. The van der Waals surface area contributed by atoms with Crippen molar-refractivity contribution in [2.45, 2.75) is 33.8 Å². The molecular weight excluding hydrogens is 219 g/mol. The van der Waals surface area contributed by atoms with Gasteiger partial charge in [-0.3, -0.25) is 0 Å². The third-order valence-electron chi connectivity index (χ3n) is 2.55. The van der Waals surface area contributed by atoms with Crippen LogP contribution in [-0.2, 0) is 0 Å². The lowest BCUT2D eigenvalue weighted by Crippen LogP contribution is -2.23. The third kappa shape index (κ3) is 3.25. The van der Waals surface area contributed by atoms with E-state index >= 15 is 0 Å². The van der Waals surface area contributed by atoms with E-state index in [1.165, 1.54) is 6.07 Å². The van der Waals surface area contributed by atoms with Crippen LogP contribution in [0.1, 0.15) is 27.7 Å². The maximum absolute atomic E-state index is 13.6. The van der Waals surface area contributed by atoms with E-state index in [2.05, 4.69) is 4.90 Å². The van der Waals surface area contributed by atoms with Crippen LogP contribution in [-0.4, -0.2) is 19.2 Å². The predicted molar refractivity (Wildman–Crippen MR) is 70.1 cm³/mol. The molecule has 4 heteroatoms. The standard InChI is InChI=1S/C13H21FN2O/c1-5-16(6-2)12-8-13(17-9(3)4)10(14)7-11(12)15/h7-9H,5-6,15H2,1-4H3. The average molecular weight is 240 g/mol. The number of halogens is 1. The second-order valence-electron chi connectivity index (χ2n) is 4.18. The molecule has 0 aromatic heterocycles. The molecule has 0 unspecified atom stereocenters. The minimum atomic E-state index is -0.410. The van der Waals surface area contributed by atoms with Crippen LogP contribution in [0.25, 0.3) is 0 Å². The number of ether oxygens (including phenoxy) is 1. The summed E-state index contributed by atoms with van der Waals surface area (Å²) in [7, 11) is 0. The van der Waals surface area contributed by atoms with Gasteiger partial charge in [0.2, 0.25) is 0 Å². The average Bonchev–Trinajstić information content (AvgIpc) is 2.25. The first-order valence-electron chi connectivity index (χ1n) is 6.00. The van der Waals surface area contributed by atoms with Crippen LogP contribution in [0, 0.1) is 5.82 Å². The van der Waals surface area contributed by atoms with Gasteiger partial charge in [-0.05, 0) is 27.7 Å². The van der Waals surface area contributed by atoms with Crippen molar-refractivity contribution in [3.63, 3.8) is 0 Å². The Hall–Kier alpha value is -1.45. The minimum absolute atomic E-state index is 0.0577. The van der Waals surface area contributed by atoms with Crippen molar-refractivity contribution in [3.8, 4) is 5.75 Å². The van der Waals surface area contributed by atoms with E-state index in [1.807, 2.05) is 27.7 Å². The normalized spacial score (nSPS) is 10.7. The van der Waals surface area contributed by atoms with Gasteiger partial charge in [0, 0.05) is 25.2 Å². The van der Waals surface area contributed by atoms with Gasteiger partial charge in [0.1, 0.15) is 0 Å². The fraction of sp³-hybridized carbons (Fsp3) is 0.538. The molecule has 0 heterocycles. The highest BCUT2D eigenvalue weighted by atomic mass is 19.1. The van der Waals surface area contributed by atoms with E-state index in [0.29, 0.717) is 5.69 Å². The molecule has 0 aliphatic carbocycles. The zero-order chi connectivity index (χ0) is 13.0. The highest BCUT2D eigenvalue weighted by Gasteiger charge is 2.13. The van der Waals surface area contributed by atoms with E-state index in [1.54, 1.807) is 6.07 Å². The van der Waals surface area contributed by atoms with Crippen molar-refractivity contribution in [3.05, 3.63) is 17.9 Å². The Morgan fingerprint density at radius 2 is 1.88 bits per heavy atom. The Bertz CT molecular complexity index is 376. The van der Waals surface area contributed by atoms with Crippen LogP contribution in [0.3, 0.4) is 0 Å². The summed E-state index contributed by atoms with van der Waals surface area (Å²) in [5.74, 6) is -0.150. The molecule has 0 aliphatic heterocycles. The number of benzene rings is 1. The molecule has 0 spiro atoms. The van der Waals surface area contributed by atoms with Gasteiger partial charge in [-0.1, -0.05) is 0 Å². The number of rotatable bonds is 5. The van der Waals surface area contributed by atoms with Crippen LogP contribution in [0.2, 0.25) is 0 Å². The molecule has 0 amide bonds. The zero-order valence-electron chi connectivity index (χ0n) is 11.0. The summed E-state index contributed by atoms with van der Waals surface area (Å²) < 4.78 is 19.1. The Kier molecular flexibility index (Phi) is 4.61. The van der Waals surface area contributed by atoms with E-state index in [-0.39, 0.29) is 11.9 Å². The van der Waals surface area contributed by atoms with E-state index < -0.39 is 5.82 Å². The van der Waals surface area contributed by atoms with Gasteiger partial charge in [-0.15, -0.1) is 0 Å². The third-order valence-corrected chi connectivity index (χ3v) is 2.55. The van der Waals surface area contributed by atoms with Gasteiger partial charge in [-0.2, -0.15) is 0 Å². The van der Waals surface area contributed by atoms with Gasteiger partial charge in [0.15, 0.2) is 11.6 Å². The molecule has 1 aromatic rings. The highest BCUT2D eigenvalue weighted by Crippen LogP contribution is 2.31. The molecule has 0 aliphatic rings. The molecule has 1 rings (SSSR count). The summed E-state index contributed by atoms with van der Waals surface area (Å²) in [6.07, 6.45) is -0.0577. The van der Waals surface area contributed by atoms with Crippen LogP contribution in [0.15, 0.2) is 12.1 Å².